The average Bonchev–Trinajstić information content (AvgIpc) is 2.87. The van der Waals surface area contributed by atoms with Crippen LogP contribution in [0.2, 0.25) is 5.02 Å². The normalized spacial score (nSPS) is 15.7. The molecule has 2 aromatic rings. The Labute approximate surface area is 208 Å². The van der Waals surface area contributed by atoms with Crippen LogP contribution in [0, 0.1) is 0 Å². The molecule has 1 heterocycles. The number of carbonyl (C=O) groups is 2. The highest BCUT2D eigenvalue weighted by Crippen LogP contribution is 2.40. The van der Waals surface area contributed by atoms with Gasteiger partial charge in [-0.3, -0.25) is 0 Å². The van der Waals surface area contributed by atoms with Crippen LogP contribution in [-0.4, -0.2) is 51.3 Å². The number of dihydropyridines is 1. The fourth-order valence-electron chi connectivity index (χ4n) is 3.73. The van der Waals surface area contributed by atoms with Crippen molar-refractivity contribution >= 4 is 29.6 Å². The lowest BCUT2D eigenvalue weighted by molar-refractivity contribution is -0.139. The highest BCUT2D eigenvalue weighted by Gasteiger charge is 2.39. The third kappa shape index (κ3) is 6.10. The molecular weight excluding hydrogens is 474 g/mol. The topological polar surface area (TPSA) is 103 Å². The van der Waals surface area contributed by atoms with Crippen molar-refractivity contribution in [2.24, 2.45) is 0 Å². The molecule has 9 heteroatoms. The van der Waals surface area contributed by atoms with E-state index in [0.717, 1.165) is 5.56 Å². The molecule has 1 aliphatic heterocycles. The van der Waals surface area contributed by atoms with E-state index in [0.29, 0.717) is 11.3 Å². The predicted octanol–water partition coefficient (Wildman–Crippen LogP) is 4.13. The number of nitrogens with one attached hydrogen (secondary N) is 1. The Kier molecular flexibility index (Phi) is 9.08. The van der Waals surface area contributed by atoms with Crippen LogP contribution in [0.15, 0.2) is 77.7 Å². The van der Waals surface area contributed by atoms with Crippen LogP contribution in [0.25, 0.3) is 6.08 Å². The van der Waals surface area contributed by atoms with E-state index >= 15 is 0 Å². The Hall–Kier alpha value is -3.59. The number of esters is 1. The van der Waals surface area contributed by atoms with Crippen LogP contribution in [0.4, 0.5) is 0 Å². The molecule has 1 unspecified atom stereocenters. The van der Waals surface area contributed by atoms with Gasteiger partial charge in [0.25, 0.3) is 0 Å². The number of hydrogen-bond donors (Lipinski definition) is 2. The van der Waals surface area contributed by atoms with Crippen LogP contribution < -0.4 is 10.1 Å². The largest absolute Gasteiger partial charge is 0.495 e. The molecular formula is C26H26ClNO7. The molecule has 1 atom stereocenters. The van der Waals surface area contributed by atoms with E-state index in [9.17, 15) is 14.7 Å². The van der Waals surface area contributed by atoms with Crippen LogP contribution in [0.5, 0.6) is 5.75 Å². The number of methoxy groups -OCH3 is 3. The average molecular weight is 500 g/mol. The van der Waals surface area contributed by atoms with Gasteiger partial charge in [0.1, 0.15) is 12.4 Å². The van der Waals surface area contributed by atoms with E-state index in [1.54, 1.807) is 24.3 Å². The molecule has 0 aromatic heterocycles. The summed E-state index contributed by atoms with van der Waals surface area (Å²) < 4.78 is 21.4. The summed E-state index contributed by atoms with van der Waals surface area (Å²) in [6, 6.07) is 14.3. The summed E-state index contributed by atoms with van der Waals surface area (Å²) in [6.45, 7) is -0.0304. The van der Waals surface area contributed by atoms with E-state index in [4.69, 9.17) is 30.5 Å². The minimum atomic E-state index is -1.21. The molecule has 2 N–H and O–H groups in total. The molecule has 0 spiro atoms. The summed E-state index contributed by atoms with van der Waals surface area (Å²) >= 11 is 6.32. The number of carboxylic acids is 1. The number of aliphatic carboxylic acids is 1. The van der Waals surface area contributed by atoms with Gasteiger partial charge in [-0.25, -0.2) is 9.59 Å². The van der Waals surface area contributed by atoms with Crippen molar-refractivity contribution in [3.63, 3.8) is 0 Å². The van der Waals surface area contributed by atoms with Gasteiger partial charge in [-0.05, 0) is 29.3 Å². The van der Waals surface area contributed by atoms with Gasteiger partial charge in [0, 0.05) is 20.4 Å². The van der Waals surface area contributed by atoms with E-state index in [1.165, 1.54) is 27.5 Å². The number of rotatable bonds is 10. The lowest BCUT2D eigenvalue weighted by atomic mass is 9.81. The maximum absolute atomic E-state index is 13.4. The first-order valence-corrected chi connectivity index (χ1v) is 11.0. The van der Waals surface area contributed by atoms with Gasteiger partial charge in [-0.1, -0.05) is 54.1 Å². The maximum atomic E-state index is 13.4. The third-order valence-corrected chi connectivity index (χ3v) is 5.63. The van der Waals surface area contributed by atoms with Crippen LogP contribution in [0.3, 0.4) is 0 Å². The van der Waals surface area contributed by atoms with Gasteiger partial charge in [0.15, 0.2) is 6.29 Å². The molecule has 0 bridgehead atoms. The first-order chi connectivity index (χ1) is 16.9. The van der Waals surface area contributed by atoms with Crippen molar-refractivity contribution in [2.45, 2.75) is 12.2 Å². The first-order valence-electron chi connectivity index (χ1n) is 10.6. The van der Waals surface area contributed by atoms with E-state index < -0.39 is 24.1 Å². The number of carboxylic acid groups (broad SMARTS) is 1. The number of halogens is 1. The molecule has 1 aliphatic rings. The molecule has 0 fully saturated rings. The molecule has 0 aliphatic carbocycles. The van der Waals surface area contributed by atoms with Crippen molar-refractivity contribution < 1.29 is 33.6 Å². The quantitative estimate of drug-likeness (QED) is 0.371. The molecule has 0 saturated heterocycles. The Balaban J connectivity index is 2.01. The zero-order valence-corrected chi connectivity index (χ0v) is 20.2. The Morgan fingerprint density at radius 2 is 1.83 bits per heavy atom. The van der Waals surface area contributed by atoms with Crippen molar-refractivity contribution in [3.8, 4) is 5.75 Å². The van der Waals surface area contributed by atoms with E-state index in [-0.39, 0.29) is 28.5 Å². The fraction of sp³-hybridized carbons (Fsp3) is 0.231. The molecule has 35 heavy (non-hydrogen) atoms. The zero-order chi connectivity index (χ0) is 25.4. The van der Waals surface area contributed by atoms with Crippen molar-refractivity contribution in [2.75, 3.05) is 27.9 Å². The number of benzene rings is 2. The van der Waals surface area contributed by atoms with Gasteiger partial charge < -0.3 is 29.4 Å². The van der Waals surface area contributed by atoms with Crippen LogP contribution in [-0.2, 0) is 23.8 Å². The fourth-order valence-corrected chi connectivity index (χ4v) is 3.99. The van der Waals surface area contributed by atoms with Gasteiger partial charge in [-0.2, -0.15) is 0 Å². The van der Waals surface area contributed by atoms with Crippen molar-refractivity contribution in [3.05, 3.63) is 93.8 Å². The van der Waals surface area contributed by atoms with Crippen molar-refractivity contribution in [1.29, 1.82) is 0 Å². The summed E-state index contributed by atoms with van der Waals surface area (Å²) in [6.07, 6.45) is 3.84. The zero-order valence-electron chi connectivity index (χ0n) is 19.5. The van der Waals surface area contributed by atoms with E-state index in [1.807, 2.05) is 36.4 Å². The number of ether oxygens (including phenoxy) is 4. The Morgan fingerprint density at radius 3 is 2.43 bits per heavy atom. The van der Waals surface area contributed by atoms with Crippen LogP contribution in [0.1, 0.15) is 17.0 Å². The summed E-state index contributed by atoms with van der Waals surface area (Å²) in [5, 5.41) is 13.0. The summed E-state index contributed by atoms with van der Waals surface area (Å²) in [5.74, 6) is -2.54. The highest BCUT2D eigenvalue weighted by atomic mass is 35.5. The molecule has 0 amide bonds. The summed E-state index contributed by atoms with van der Waals surface area (Å²) in [7, 11) is 4.29. The maximum Gasteiger partial charge on any atom is 0.337 e. The van der Waals surface area contributed by atoms with E-state index in [2.05, 4.69) is 5.32 Å². The molecule has 184 valence electrons. The standard InChI is InChI=1S/C26H26ClNO7/c1-32-20-12-11-17(14-19(20)27)21-18(24(29)30)15-28-23(26(33-2)34-3)22(21)25(31)35-13-7-10-16-8-5-4-6-9-16/h4-12,14-15,21,26,28H,13H2,1-3H3,(H,29,30)/b10-7+. The lowest BCUT2D eigenvalue weighted by Crippen LogP contribution is -2.36. The smallest absolute Gasteiger partial charge is 0.337 e. The minimum absolute atomic E-state index is 0.0304. The molecule has 3 rings (SSSR count). The highest BCUT2D eigenvalue weighted by molar-refractivity contribution is 6.32. The van der Waals surface area contributed by atoms with Gasteiger partial charge in [0.05, 0.1) is 34.9 Å². The molecule has 2 aromatic carbocycles. The third-order valence-electron chi connectivity index (χ3n) is 5.33. The lowest BCUT2D eigenvalue weighted by Gasteiger charge is -2.30. The second kappa shape index (κ2) is 12.2. The Morgan fingerprint density at radius 1 is 1.11 bits per heavy atom. The van der Waals surface area contributed by atoms with Crippen LogP contribution >= 0.6 is 11.6 Å². The second-order valence-electron chi connectivity index (χ2n) is 7.42. The van der Waals surface area contributed by atoms with Gasteiger partial charge in [0.2, 0.25) is 0 Å². The molecule has 8 nitrogen and oxygen atoms in total. The predicted molar refractivity (Wildman–Crippen MR) is 131 cm³/mol. The first kappa shape index (κ1) is 26.0. The second-order valence-corrected chi connectivity index (χ2v) is 7.83. The Bertz CT molecular complexity index is 1150. The van der Waals surface area contributed by atoms with Gasteiger partial charge in [-0.15, -0.1) is 0 Å². The summed E-state index contributed by atoms with van der Waals surface area (Å²) in [4.78, 5) is 25.5. The molecule has 0 radical (unpaired) electrons. The molecule has 0 saturated carbocycles. The summed E-state index contributed by atoms with van der Waals surface area (Å²) in [5.41, 5.74) is 1.60. The minimum Gasteiger partial charge on any atom is -0.495 e. The number of carbonyl (C=O) groups excluding carboxylic acids is 1. The SMILES string of the molecule is COc1ccc(C2C(C(=O)O)=CNC(C(OC)OC)=C2C(=O)OC/C=C/c2ccccc2)cc1Cl. The number of hydrogen-bond acceptors (Lipinski definition) is 7. The monoisotopic (exact) mass is 499 g/mol. The van der Waals surface area contributed by atoms with Crippen molar-refractivity contribution in [1.82, 2.24) is 5.32 Å². The van der Waals surface area contributed by atoms with Gasteiger partial charge >= 0.3 is 11.9 Å².